The van der Waals surface area contributed by atoms with Gasteiger partial charge in [-0.25, -0.2) is 4.79 Å². The summed E-state index contributed by atoms with van der Waals surface area (Å²) in [6.07, 6.45) is 5.47. The number of hydrogen-bond donors (Lipinski definition) is 1. The van der Waals surface area contributed by atoms with Crippen LogP contribution in [0.5, 0.6) is 0 Å². The van der Waals surface area contributed by atoms with E-state index in [0.717, 1.165) is 37.5 Å². The molecule has 22 heavy (non-hydrogen) atoms. The summed E-state index contributed by atoms with van der Waals surface area (Å²) in [5, 5.41) is 9.24. The molecule has 4 aliphatic rings. The Kier molecular flexibility index (Phi) is 3.86. The van der Waals surface area contributed by atoms with Gasteiger partial charge in [0.2, 0.25) is 0 Å². The number of ether oxygens (including phenoxy) is 1. The summed E-state index contributed by atoms with van der Waals surface area (Å²) >= 11 is 0. The van der Waals surface area contributed by atoms with E-state index in [4.69, 9.17) is 4.74 Å². The van der Waals surface area contributed by atoms with Crippen molar-refractivity contribution in [2.75, 3.05) is 6.54 Å². The molecule has 1 amide bonds. The van der Waals surface area contributed by atoms with Crippen molar-refractivity contribution in [2.45, 2.75) is 64.5 Å². The van der Waals surface area contributed by atoms with Crippen molar-refractivity contribution < 1.29 is 19.4 Å². The van der Waals surface area contributed by atoms with Gasteiger partial charge in [-0.3, -0.25) is 9.69 Å². The highest BCUT2D eigenvalue weighted by Gasteiger charge is 2.51. The quantitative estimate of drug-likeness (QED) is 0.869. The molecule has 0 radical (unpaired) electrons. The fraction of sp³-hybridized carbons (Fsp3) is 0.882. The van der Waals surface area contributed by atoms with Crippen LogP contribution in [0.3, 0.4) is 0 Å². The van der Waals surface area contributed by atoms with Crippen molar-refractivity contribution in [3.05, 3.63) is 0 Å². The van der Waals surface area contributed by atoms with Gasteiger partial charge in [-0.05, 0) is 76.5 Å². The van der Waals surface area contributed by atoms with Gasteiger partial charge in [-0.1, -0.05) is 0 Å². The zero-order valence-corrected chi connectivity index (χ0v) is 13.7. The van der Waals surface area contributed by atoms with Gasteiger partial charge in [-0.2, -0.15) is 0 Å². The third-order valence-electron chi connectivity index (χ3n) is 5.47. The molecule has 0 aromatic heterocycles. The maximum atomic E-state index is 12.6. The maximum absolute atomic E-state index is 12.6. The third-order valence-corrected chi connectivity index (χ3v) is 5.47. The number of hydrogen-bond acceptors (Lipinski definition) is 3. The minimum atomic E-state index is -0.959. The summed E-state index contributed by atoms with van der Waals surface area (Å²) in [6.45, 7) is 5.21. The van der Waals surface area contributed by atoms with Crippen LogP contribution in [-0.2, 0) is 9.53 Å². The molecular formula is C17H27NO4. The standard InChI is InChI=1S/C17H27NO4/c1-17(2,3)22-16(21)18(9-14(19)20)15-12-5-10-4-11(7-12)8-13(15)6-10/h10-13,15H,4-9H2,1-3H3,(H,19,20). The molecule has 4 aliphatic carbocycles. The van der Waals surface area contributed by atoms with Gasteiger partial charge >= 0.3 is 12.1 Å². The zero-order chi connectivity index (χ0) is 16.1. The molecule has 0 heterocycles. The first-order chi connectivity index (χ1) is 10.2. The lowest BCUT2D eigenvalue weighted by Crippen LogP contribution is -2.59. The summed E-state index contributed by atoms with van der Waals surface area (Å²) < 4.78 is 5.48. The van der Waals surface area contributed by atoms with Gasteiger partial charge in [-0.15, -0.1) is 0 Å². The highest BCUT2D eigenvalue weighted by atomic mass is 16.6. The number of rotatable bonds is 3. The normalized spacial score (nSPS) is 36.2. The van der Waals surface area contributed by atoms with E-state index in [1.54, 1.807) is 0 Å². The summed E-state index contributed by atoms with van der Waals surface area (Å²) in [6, 6.07) is 0.0544. The summed E-state index contributed by atoms with van der Waals surface area (Å²) in [4.78, 5) is 25.3. The van der Waals surface area contributed by atoms with Crippen LogP contribution in [0.25, 0.3) is 0 Å². The van der Waals surface area contributed by atoms with Crippen molar-refractivity contribution in [1.82, 2.24) is 4.90 Å². The molecule has 5 heteroatoms. The highest BCUT2D eigenvalue weighted by molar-refractivity contribution is 5.77. The van der Waals surface area contributed by atoms with Crippen LogP contribution in [0.4, 0.5) is 4.79 Å². The van der Waals surface area contributed by atoms with Crippen LogP contribution in [-0.4, -0.2) is 40.3 Å². The monoisotopic (exact) mass is 309 g/mol. The van der Waals surface area contributed by atoms with E-state index in [1.807, 2.05) is 20.8 Å². The minimum Gasteiger partial charge on any atom is -0.480 e. The largest absolute Gasteiger partial charge is 0.480 e. The number of carboxylic acid groups (broad SMARTS) is 1. The molecule has 0 aliphatic heterocycles. The number of aliphatic carboxylic acids is 1. The molecule has 4 fully saturated rings. The highest BCUT2D eigenvalue weighted by Crippen LogP contribution is 2.55. The smallest absolute Gasteiger partial charge is 0.411 e. The van der Waals surface area contributed by atoms with Crippen LogP contribution in [0.15, 0.2) is 0 Å². The van der Waals surface area contributed by atoms with E-state index in [9.17, 15) is 14.7 Å². The summed E-state index contributed by atoms with van der Waals surface area (Å²) in [5.41, 5.74) is -0.597. The van der Waals surface area contributed by atoms with Crippen LogP contribution >= 0.6 is 0 Å². The molecule has 4 saturated carbocycles. The third kappa shape index (κ3) is 3.08. The number of carbonyl (C=O) groups excluding carboxylic acids is 1. The number of nitrogens with zero attached hydrogens (tertiary/aromatic N) is 1. The minimum absolute atomic E-state index is 0.0544. The van der Waals surface area contributed by atoms with E-state index >= 15 is 0 Å². The number of amides is 1. The van der Waals surface area contributed by atoms with Crippen molar-refractivity contribution in [1.29, 1.82) is 0 Å². The Morgan fingerprint density at radius 1 is 1.05 bits per heavy atom. The Bertz CT molecular complexity index is 440. The van der Waals surface area contributed by atoms with Gasteiger partial charge in [0, 0.05) is 6.04 Å². The average Bonchev–Trinajstić information content (AvgIpc) is 2.33. The predicted octanol–water partition coefficient (Wildman–Crippen LogP) is 3.13. The molecule has 0 unspecified atom stereocenters. The Labute approximate surface area is 132 Å². The Hall–Kier alpha value is -1.26. The Morgan fingerprint density at radius 2 is 1.55 bits per heavy atom. The van der Waals surface area contributed by atoms with Crippen molar-refractivity contribution in [3.63, 3.8) is 0 Å². The first-order valence-electron chi connectivity index (χ1n) is 8.44. The van der Waals surface area contributed by atoms with Crippen LogP contribution in [0, 0.1) is 23.7 Å². The number of carbonyl (C=O) groups is 2. The van der Waals surface area contributed by atoms with Crippen LogP contribution in [0.2, 0.25) is 0 Å². The molecular weight excluding hydrogens is 282 g/mol. The first kappa shape index (κ1) is 15.6. The molecule has 5 nitrogen and oxygen atoms in total. The Morgan fingerprint density at radius 3 is 1.95 bits per heavy atom. The molecule has 0 aromatic carbocycles. The lowest BCUT2D eigenvalue weighted by atomic mass is 9.54. The number of carboxylic acids is 1. The Balaban J connectivity index is 1.80. The van der Waals surface area contributed by atoms with Crippen molar-refractivity contribution in [3.8, 4) is 0 Å². The van der Waals surface area contributed by atoms with Gasteiger partial charge in [0.1, 0.15) is 12.1 Å². The second kappa shape index (κ2) is 5.43. The lowest BCUT2D eigenvalue weighted by molar-refractivity contribution is -0.141. The molecule has 4 rings (SSSR count). The molecule has 0 saturated heterocycles. The molecule has 0 atom stereocenters. The summed E-state index contributed by atoms with van der Waals surface area (Å²) in [5.74, 6) is 1.55. The van der Waals surface area contributed by atoms with Crippen LogP contribution < -0.4 is 0 Å². The van der Waals surface area contributed by atoms with E-state index in [0.29, 0.717) is 11.8 Å². The fourth-order valence-electron chi connectivity index (χ4n) is 5.16. The predicted molar refractivity (Wildman–Crippen MR) is 81.4 cm³/mol. The summed E-state index contributed by atoms with van der Waals surface area (Å²) in [7, 11) is 0. The zero-order valence-electron chi connectivity index (χ0n) is 13.7. The van der Waals surface area contributed by atoms with Gasteiger partial charge < -0.3 is 9.84 Å². The molecule has 1 N–H and O–H groups in total. The van der Waals surface area contributed by atoms with E-state index < -0.39 is 17.7 Å². The SMILES string of the molecule is CC(C)(C)OC(=O)N(CC(=O)O)C1C2CC3CC(C2)CC1C3. The fourth-order valence-corrected chi connectivity index (χ4v) is 5.16. The van der Waals surface area contributed by atoms with Gasteiger partial charge in [0.25, 0.3) is 0 Å². The molecule has 4 bridgehead atoms. The molecule has 124 valence electrons. The van der Waals surface area contributed by atoms with Crippen molar-refractivity contribution >= 4 is 12.1 Å². The molecule has 0 spiro atoms. The molecule has 0 aromatic rings. The van der Waals surface area contributed by atoms with Gasteiger partial charge in [0.05, 0.1) is 0 Å². The maximum Gasteiger partial charge on any atom is 0.411 e. The van der Waals surface area contributed by atoms with E-state index in [2.05, 4.69) is 0 Å². The lowest BCUT2D eigenvalue weighted by Gasteiger charge is -2.56. The van der Waals surface area contributed by atoms with Crippen LogP contribution in [0.1, 0.15) is 52.9 Å². The van der Waals surface area contributed by atoms with E-state index in [1.165, 1.54) is 11.3 Å². The van der Waals surface area contributed by atoms with Crippen molar-refractivity contribution in [2.24, 2.45) is 23.7 Å². The second-order valence-corrected chi connectivity index (χ2v) is 8.42. The van der Waals surface area contributed by atoms with E-state index in [-0.39, 0.29) is 12.6 Å². The van der Waals surface area contributed by atoms with Gasteiger partial charge in [0.15, 0.2) is 0 Å². The average molecular weight is 309 g/mol. The topological polar surface area (TPSA) is 66.8 Å². The first-order valence-corrected chi connectivity index (χ1v) is 8.44. The second-order valence-electron chi connectivity index (χ2n) is 8.42.